The first-order chi connectivity index (χ1) is 13.5. The molecule has 0 bridgehead atoms. The molecule has 5 heteroatoms. The van der Waals surface area contributed by atoms with Gasteiger partial charge in [-0.1, -0.05) is 46.3 Å². The standard InChI is InChI=1S/C23H23BrFN3/c1-15-23(16(2)28(27-15)22-5-3-4-19(24)13-22)18-8-11-21(12-18)26-14-17-6-9-20(25)10-7-17/h3-11,13,18,21,26H,12,14H2,1-2H3/t18-,21-/m1/s1. The Balaban J connectivity index is 1.47. The smallest absolute Gasteiger partial charge is 0.123 e. The topological polar surface area (TPSA) is 29.9 Å². The average molecular weight is 440 g/mol. The molecule has 2 atom stereocenters. The van der Waals surface area contributed by atoms with Gasteiger partial charge in [-0.3, -0.25) is 0 Å². The first kappa shape index (κ1) is 19.1. The van der Waals surface area contributed by atoms with Gasteiger partial charge < -0.3 is 5.32 Å². The van der Waals surface area contributed by atoms with E-state index in [1.165, 1.54) is 23.4 Å². The summed E-state index contributed by atoms with van der Waals surface area (Å²) in [6, 6.07) is 15.2. The van der Waals surface area contributed by atoms with E-state index in [0.29, 0.717) is 12.0 Å². The molecule has 4 rings (SSSR count). The fourth-order valence-corrected chi connectivity index (χ4v) is 4.35. The van der Waals surface area contributed by atoms with E-state index in [1.807, 2.05) is 28.9 Å². The van der Waals surface area contributed by atoms with Gasteiger partial charge in [-0.25, -0.2) is 9.07 Å². The molecular formula is C23H23BrFN3. The Hall–Kier alpha value is -2.24. The summed E-state index contributed by atoms with van der Waals surface area (Å²) in [7, 11) is 0. The van der Waals surface area contributed by atoms with E-state index < -0.39 is 0 Å². The molecule has 3 aromatic rings. The number of rotatable bonds is 5. The lowest BCUT2D eigenvalue weighted by Crippen LogP contribution is -2.25. The van der Waals surface area contributed by atoms with Crippen molar-refractivity contribution in [1.82, 2.24) is 15.1 Å². The molecule has 1 aliphatic carbocycles. The minimum absolute atomic E-state index is 0.196. The maximum atomic E-state index is 13.0. The Morgan fingerprint density at radius 2 is 1.93 bits per heavy atom. The van der Waals surface area contributed by atoms with Gasteiger partial charge in [-0.05, 0) is 56.2 Å². The van der Waals surface area contributed by atoms with E-state index >= 15 is 0 Å². The molecule has 3 nitrogen and oxygen atoms in total. The molecule has 0 unspecified atom stereocenters. The number of nitrogens with one attached hydrogen (secondary N) is 1. The highest BCUT2D eigenvalue weighted by Gasteiger charge is 2.26. The van der Waals surface area contributed by atoms with Crippen LogP contribution in [0.1, 0.15) is 34.9 Å². The number of hydrogen-bond acceptors (Lipinski definition) is 2. The minimum atomic E-state index is -0.196. The van der Waals surface area contributed by atoms with Crippen molar-refractivity contribution in [1.29, 1.82) is 0 Å². The van der Waals surface area contributed by atoms with Crippen molar-refractivity contribution in [2.75, 3.05) is 0 Å². The van der Waals surface area contributed by atoms with Gasteiger partial charge in [-0.2, -0.15) is 5.10 Å². The normalized spacial score (nSPS) is 18.7. The van der Waals surface area contributed by atoms with Crippen molar-refractivity contribution < 1.29 is 4.39 Å². The monoisotopic (exact) mass is 439 g/mol. The highest BCUT2D eigenvalue weighted by Crippen LogP contribution is 2.34. The Bertz CT molecular complexity index is 1010. The van der Waals surface area contributed by atoms with Crippen LogP contribution in [0.25, 0.3) is 5.69 Å². The number of benzene rings is 2. The summed E-state index contributed by atoms with van der Waals surface area (Å²) in [4.78, 5) is 0. The second kappa shape index (κ2) is 8.02. The summed E-state index contributed by atoms with van der Waals surface area (Å²) in [5.41, 5.74) is 5.72. The van der Waals surface area contributed by atoms with Crippen molar-refractivity contribution in [2.45, 2.75) is 38.8 Å². The van der Waals surface area contributed by atoms with Crippen LogP contribution in [0.15, 0.2) is 65.2 Å². The van der Waals surface area contributed by atoms with Crippen LogP contribution >= 0.6 is 15.9 Å². The third-order valence-corrected chi connectivity index (χ3v) is 5.83. The largest absolute Gasteiger partial charge is 0.306 e. The molecule has 1 heterocycles. The van der Waals surface area contributed by atoms with Crippen molar-refractivity contribution in [3.63, 3.8) is 0 Å². The number of aryl methyl sites for hydroxylation is 1. The molecule has 0 radical (unpaired) electrons. The fourth-order valence-electron chi connectivity index (χ4n) is 3.97. The van der Waals surface area contributed by atoms with Gasteiger partial charge in [0.05, 0.1) is 11.4 Å². The molecule has 0 saturated heterocycles. The van der Waals surface area contributed by atoms with Crippen LogP contribution < -0.4 is 5.32 Å². The predicted octanol–water partition coefficient (Wildman–Crippen LogP) is 5.59. The lowest BCUT2D eigenvalue weighted by atomic mass is 9.96. The molecule has 2 aromatic carbocycles. The molecule has 0 amide bonds. The van der Waals surface area contributed by atoms with Gasteiger partial charge in [-0.15, -0.1) is 0 Å². The van der Waals surface area contributed by atoms with Crippen molar-refractivity contribution in [2.24, 2.45) is 0 Å². The zero-order chi connectivity index (χ0) is 19.7. The second-order valence-electron chi connectivity index (χ2n) is 7.32. The highest BCUT2D eigenvalue weighted by atomic mass is 79.9. The predicted molar refractivity (Wildman–Crippen MR) is 114 cm³/mol. The van der Waals surface area contributed by atoms with Crippen molar-refractivity contribution >= 4 is 15.9 Å². The molecule has 0 aliphatic heterocycles. The third-order valence-electron chi connectivity index (χ3n) is 5.34. The molecule has 0 fully saturated rings. The van der Waals surface area contributed by atoms with Gasteiger partial charge in [0, 0.05) is 34.2 Å². The van der Waals surface area contributed by atoms with Crippen LogP contribution in [0.5, 0.6) is 0 Å². The Labute approximate surface area is 173 Å². The molecule has 0 saturated carbocycles. The Kier molecular flexibility index (Phi) is 5.47. The number of aromatic nitrogens is 2. The Morgan fingerprint density at radius 3 is 2.68 bits per heavy atom. The zero-order valence-electron chi connectivity index (χ0n) is 16.0. The lowest BCUT2D eigenvalue weighted by Gasteiger charge is -2.15. The molecule has 1 aliphatic rings. The van der Waals surface area contributed by atoms with Gasteiger partial charge >= 0.3 is 0 Å². The summed E-state index contributed by atoms with van der Waals surface area (Å²) >= 11 is 3.54. The summed E-state index contributed by atoms with van der Waals surface area (Å²) in [5.74, 6) is 0.157. The quantitative estimate of drug-likeness (QED) is 0.524. The van der Waals surface area contributed by atoms with Gasteiger partial charge in [0.1, 0.15) is 5.82 Å². The van der Waals surface area contributed by atoms with Gasteiger partial charge in [0.2, 0.25) is 0 Å². The zero-order valence-corrected chi connectivity index (χ0v) is 17.6. The van der Waals surface area contributed by atoms with E-state index in [1.54, 1.807) is 0 Å². The average Bonchev–Trinajstić information content (AvgIpc) is 3.25. The maximum Gasteiger partial charge on any atom is 0.123 e. The fraction of sp³-hybridized carbons (Fsp3) is 0.261. The van der Waals surface area contributed by atoms with Crippen LogP contribution in [-0.4, -0.2) is 15.8 Å². The molecule has 28 heavy (non-hydrogen) atoms. The summed E-state index contributed by atoms with van der Waals surface area (Å²) in [5, 5.41) is 8.36. The molecular weight excluding hydrogens is 417 g/mol. The van der Waals surface area contributed by atoms with Crippen LogP contribution in [0.3, 0.4) is 0 Å². The number of nitrogens with zero attached hydrogens (tertiary/aromatic N) is 2. The van der Waals surface area contributed by atoms with Crippen molar-refractivity contribution in [3.05, 3.63) is 93.5 Å². The van der Waals surface area contributed by atoms with Gasteiger partial charge in [0.15, 0.2) is 0 Å². The van der Waals surface area contributed by atoms with Crippen LogP contribution in [-0.2, 0) is 6.54 Å². The SMILES string of the molecule is Cc1nn(-c2cccc(Br)c2)c(C)c1[C@@H]1C=C[C@@H](NCc2ccc(F)cc2)C1. The van der Waals surface area contributed by atoms with Crippen LogP contribution in [0.2, 0.25) is 0 Å². The molecule has 1 N–H and O–H groups in total. The minimum Gasteiger partial charge on any atom is -0.306 e. The van der Waals surface area contributed by atoms with Crippen molar-refractivity contribution in [3.8, 4) is 5.69 Å². The lowest BCUT2D eigenvalue weighted by molar-refractivity contribution is 0.558. The van der Waals surface area contributed by atoms with E-state index in [-0.39, 0.29) is 5.82 Å². The highest BCUT2D eigenvalue weighted by molar-refractivity contribution is 9.10. The first-order valence-electron chi connectivity index (χ1n) is 9.49. The van der Waals surface area contributed by atoms with Crippen LogP contribution in [0.4, 0.5) is 4.39 Å². The van der Waals surface area contributed by atoms with E-state index in [9.17, 15) is 4.39 Å². The van der Waals surface area contributed by atoms with Crippen LogP contribution in [0, 0.1) is 19.7 Å². The molecule has 144 valence electrons. The summed E-state index contributed by atoms with van der Waals surface area (Å²) in [6.07, 6.45) is 5.53. The van der Waals surface area contributed by atoms with E-state index in [4.69, 9.17) is 5.10 Å². The van der Waals surface area contributed by atoms with Gasteiger partial charge in [0.25, 0.3) is 0 Å². The number of halogens is 2. The van der Waals surface area contributed by atoms with E-state index in [2.05, 4.69) is 59.4 Å². The first-order valence-corrected chi connectivity index (χ1v) is 10.3. The second-order valence-corrected chi connectivity index (χ2v) is 8.23. The van der Waals surface area contributed by atoms with E-state index in [0.717, 1.165) is 34.4 Å². The number of hydrogen-bond donors (Lipinski definition) is 1. The summed E-state index contributed by atoms with van der Waals surface area (Å²) in [6.45, 7) is 4.96. The molecule has 1 aromatic heterocycles. The summed E-state index contributed by atoms with van der Waals surface area (Å²) < 4.78 is 16.1. The number of allylic oxidation sites excluding steroid dienone is 1. The molecule has 0 spiro atoms. The Morgan fingerprint density at radius 1 is 1.14 bits per heavy atom. The maximum absolute atomic E-state index is 13.0. The third kappa shape index (κ3) is 3.96.